The summed E-state index contributed by atoms with van der Waals surface area (Å²) in [6.45, 7) is 3.97. The lowest BCUT2D eigenvalue weighted by molar-refractivity contribution is -0.269. The molecular formula is C10H11O2-. The molecular weight excluding hydrogens is 152 g/mol. The van der Waals surface area contributed by atoms with Gasteiger partial charge in [0.05, 0.1) is 0 Å². The molecule has 0 spiro atoms. The highest BCUT2D eigenvalue weighted by molar-refractivity contribution is 5.24. The van der Waals surface area contributed by atoms with Crippen molar-refractivity contribution in [3.8, 4) is 5.75 Å². The normalized spacial score (nSPS) is 10.2. The maximum absolute atomic E-state index is 11.0. The van der Waals surface area contributed by atoms with Crippen molar-refractivity contribution in [2.75, 3.05) is 0 Å². The summed E-state index contributed by atoms with van der Waals surface area (Å²) in [7, 11) is 0. The van der Waals surface area contributed by atoms with Gasteiger partial charge in [0.25, 0.3) is 0 Å². The first kappa shape index (κ1) is 8.78. The second-order valence-corrected chi connectivity index (χ2v) is 3.05. The van der Waals surface area contributed by atoms with Gasteiger partial charge in [0, 0.05) is 0 Å². The molecule has 1 aromatic rings. The minimum Gasteiger partial charge on any atom is -0.870 e. The Morgan fingerprint density at radius 1 is 1.33 bits per heavy atom. The zero-order chi connectivity index (χ0) is 9.14. The summed E-state index contributed by atoms with van der Waals surface area (Å²) >= 11 is 0. The molecule has 0 aliphatic rings. The molecule has 0 aromatic heterocycles. The summed E-state index contributed by atoms with van der Waals surface area (Å²) in [4.78, 5) is 11.0. The lowest BCUT2D eigenvalue weighted by Gasteiger charge is -1.99. The van der Waals surface area contributed by atoms with E-state index in [1.54, 1.807) is 12.1 Å². The summed E-state index contributed by atoms with van der Waals surface area (Å²) in [5, 5.41) is 10.9. The molecule has 0 N–H and O–H groups in total. The third-order valence-corrected chi connectivity index (χ3v) is 1.74. The summed E-state index contributed by atoms with van der Waals surface area (Å²) < 4.78 is 0. The summed E-state index contributed by atoms with van der Waals surface area (Å²) in [5.74, 6) is -0.161. The SMILES string of the molecule is CC(C)c1cccc([O-])c(=O)c1. The molecule has 0 fully saturated rings. The van der Waals surface area contributed by atoms with Gasteiger partial charge < -0.3 is 5.11 Å². The average molecular weight is 163 g/mol. The lowest BCUT2D eigenvalue weighted by atomic mass is 10.1. The predicted molar refractivity (Wildman–Crippen MR) is 46.2 cm³/mol. The average Bonchev–Trinajstić information content (AvgIpc) is 2.15. The van der Waals surface area contributed by atoms with Crippen molar-refractivity contribution in [2.45, 2.75) is 19.8 Å². The Labute approximate surface area is 71.5 Å². The first-order chi connectivity index (χ1) is 5.61. The minimum absolute atomic E-state index is 0.282. The van der Waals surface area contributed by atoms with Crippen molar-refractivity contribution >= 4 is 0 Å². The van der Waals surface area contributed by atoms with Crippen LogP contribution < -0.4 is 10.5 Å². The van der Waals surface area contributed by atoms with Crippen molar-refractivity contribution in [3.63, 3.8) is 0 Å². The van der Waals surface area contributed by atoms with Crippen LogP contribution in [0.5, 0.6) is 5.75 Å². The molecule has 0 aliphatic heterocycles. The minimum atomic E-state index is -0.443. The van der Waals surface area contributed by atoms with Gasteiger partial charge in [0.15, 0.2) is 5.43 Å². The highest BCUT2D eigenvalue weighted by Gasteiger charge is 1.96. The zero-order valence-corrected chi connectivity index (χ0v) is 7.20. The Morgan fingerprint density at radius 3 is 2.58 bits per heavy atom. The Morgan fingerprint density at radius 2 is 2.00 bits per heavy atom. The van der Waals surface area contributed by atoms with E-state index in [4.69, 9.17) is 0 Å². The maximum atomic E-state index is 11.0. The van der Waals surface area contributed by atoms with E-state index >= 15 is 0 Å². The number of hydrogen-bond donors (Lipinski definition) is 0. The van der Waals surface area contributed by atoms with Gasteiger partial charge in [-0.15, -0.1) is 0 Å². The molecule has 2 nitrogen and oxygen atoms in total. The van der Waals surface area contributed by atoms with E-state index in [1.165, 1.54) is 12.1 Å². The highest BCUT2D eigenvalue weighted by atomic mass is 16.3. The standard InChI is InChI=1S/C10H12O2/c1-7(2)8-4-3-5-9(11)10(12)6-8/h3-7H,1-2H3,(H,11,12)/p-1. The maximum Gasteiger partial charge on any atom is 0.171 e. The third kappa shape index (κ3) is 1.84. The summed E-state index contributed by atoms with van der Waals surface area (Å²) in [5.41, 5.74) is 0.478. The van der Waals surface area contributed by atoms with Gasteiger partial charge in [0.1, 0.15) is 0 Å². The molecule has 0 heterocycles. The molecule has 12 heavy (non-hydrogen) atoms. The second kappa shape index (κ2) is 3.39. The smallest absolute Gasteiger partial charge is 0.171 e. The van der Waals surface area contributed by atoms with E-state index < -0.39 is 11.2 Å². The van der Waals surface area contributed by atoms with Crippen LogP contribution in [0, 0.1) is 0 Å². The van der Waals surface area contributed by atoms with E-state index in [9.17, 15) is 9.90 Å². The molecule has 0 amide bonds. The van der Waals surface area contributed by atoms with E-state index in [0.29, 0.717) is 0 Å². The molecule has 2 heteroatoms. The fourth-order valence-electron chi connectivity index (χ4n) is 0.958. The zero-order valence-electron chi connectivity index (χ0n) is 7.20. The van der Waals surface area contributed by atoms with Crippen LogP contribution in [0.1, 0.15) is 25.3 Å². The monoisotopic (exact) mass is 163 g/mol. The Balaban J connectivity index is 3.32. The second-order valence-electron chi connectivity index (χ2n) is 3.05. The van der Waals surface area contributed by atoms with Gasteiger partial charge in [-0.05, 0) is 17.5 Å². The third-order valence-electron chi connectivity index (χ3n) is 1.74. The molecule has 0 radical (unpaired) electrons. The van der Waals surface area contributed by atoms with E-state index in [2.05, 4.69) is 0 Å². The molecule has 1 rings (SSSR count). The number of rotatable bonds is 1. The van der Waals surface area contributed by atoms with Crippen molar-refractivity contribution in [2.24, 2.45) is 0 Å². The van der Waals surface area contributed by atoms with Gasteiger partial charge in [0.2, 0.25) is 0 Å². The van der Waals surface area contributed by atoms with Gasteiger partial charge in [-0.25, -0.2) is 0 Å². The van der Waals surface area contributed by atoms with Crippen LogP contribution in [0.3, 0.4) is 0 Å². The summed E-state index contributed by atoms with van der Waals surface area (Å²) in [6, 6.07) is 6.13. The van der Waals surface area contributed by atoms with Crippen LogP contribution in [0.15, 0.2) is 29.1 Å². The first-order valence-electron chi connectivity index (χ1n) is 3.92. The molecule has 0 saturated heterocycles. The molecule has 1 aromatic carbocycles. The van der Waals surface area contributed by atoms with E-state index in [0.717, 1.165) is 5.56 Å². The van der Waals surface area contributed by atoms with E-state index in [-0.39, 0.29) is 5.92 Å². The molecule has 0 saturated carbocycles. The topological polar surface area (TPSA) is 40.1 Å². The van der Waals surface area contributed by atoms with Gasteiger partial charge in [-0.2, -0.15) is 0 Å². The van der Waals surface area contributed by atoms with Gasteiger partial charge in [-0.1, -0.05) is 37.8 Å². The van der Waals surface area contributed by atoms with E-state index in [1.807, 2.05) is 13.8 Å². The predicted octanol–water partition coefficient (Wildman–Crippen LogP) is 1.24. The lowest BCUT2D eigenvalue weighted by Crippen LogP contribution is -2.05. The molecule has 0 bridgehead atoms. The van der Waals surface area contributed by atoms with Crippen LogP contribution in [0.25, 0.3) is 0 Å². The van der Waals surface area contributed by atoms with Crippen molar-refractivity contribution in [1.29, 1.82) is 0 Å². The fraction of sp³-hybridized carbons (Fsp3) is 0.300. The molecule has 0 unspecified atom stereocenters. The molecule has 0 atom stereocenters. The van der Waals surface area contributed by atoms with Crippen LogP contribution in [-0.2, 0) is 0 Å². The van der Waals surface area contributed by atoms with Crippen LogP contribution in [0.2, 0.25) is 0 Å². The Hall–Kier alpha value is -1.31. The Kier molecular flexibility index (Phi) is 2.48. The van der Waals surface area contributed by atoms with Crippen LogP contribution in [0.4, 0.5) is 0 Å². The summed E-state index contributed by atoms with van der Waals surface area (Å²) in [6.07, 6.45) is 0. The first-order valence-corrected chi connectivity index (χ1v) is 3.92. The van der Waals surface area contributed by atoms with Gasteiger partial charge in [-0.3, -0.25) is 4.79 Å². The highest BCUT2D eigenvalue weighted by Crippen LogP contribution is 2.11. The largest absolute Gasteiger partial charge is 0.870 e. The molecule has 64 valence electrons. The van der Waals surface area contributed by atoms with Crippen LogP contribution >= 0.6 is 0 Å². The Bertz CT molecular complexity index is 329. The van der Waals surface area contributed by atoms with Crippen molar-refractivity contribution in [1.82, 2.24) is 0 Å². The van der Waals surface area contributed by atoms with Crippen molar-refractivity contribution < 1.29 is 5.11 Å². The van der Waals surface area contributed by atoms with Gasteiger partial charge >= 0.3 is 0 Å². The van der Waals surface area contributed by atoms with Crippen LogP contribution in [-0.4, -0.2) is 0 Å². The van der Waals surface area contributed by atoms with Crippen molar-refractivity contribution in [3.05, 3.63) is 40.1 Å². The fourth-order valence-corrected chi connectivity index (χ4v) is 0.958. The number of hydrogen-bond acceptors (Lipinski definition) is 2. The molecule has 0 aliphatic carbocycles. The quantitative estimate of drug-likeness (QED) is 0.625.